The number of carbonyl (C=O) groups excluding carboxylic acids is 4. The SMILES string of the molecule is C=CC(=O)OCCCOc1ccc(-c2ccc(C(=O)Oc3ccc(C(=O)O)cc3OC(=O)c3ccc(-c4ccc(OCCCOC(=O)C=C)cc4)nc3)cn2)cc1. The van der Waals surface area contributed by atoms with Gasteiger partial charge in [0, 0.05) is 48.5 Å². The van der Waals surface area contributed by atoms with Crippen molar-refractivity contribution >= 4 is 29.8 Å². The van der Waals surface area contributed by atoms with Crippen LogP contribution in [-0.2, 0) is 19.1 Å². The van der Waals surface area contributed by atoms with Crippen molar-refractivity contribution in [2.45, 2.75) is 12.8 Å². The molecule has 2 heterocycles. The molecule has 0 bridgehead atoms. The van der Waals surface area contributed by atoms with Crippen molar-refractivity contribution in [1.29, 1.82) is 0 Å². The molecule has 14 heteroatoms. The predicted octanol–water partition coefficient (Wildman–Crippen LogP) is 6.94. The molecule has 290 valence electrons. The van der Waals surface area contributed by atoms with Gasteiger partial charge in [-0.2, -0.15) is 0 Å². The van der Waals surface area contributed by atoms with Crippen LogP contribution in [0.15, 0.2) is 129 Å². The van der Waals surface area contributed by atoms with E-state index in [0.29, 0.717) is 48.9 Å². The summed E-state index contributed by atoms with van der Waals surface area (Å²) in [4.78, 5) is 69.0. The van der Waals surface area contributed by atoms with Gasteiger partial charge in [0.1, 0.15) is 11.5 Å². The molecule has 0 saturated carbocycles. The molecule has 0 spiro atoms. The molecule has 1 N–H and O–H groups in total. The normalized spacial score (nSPS) is 10.4. The number of nitrogens with zero attached hydrogens (tertiary/aromatic N) is 2. The largest absolute Gasteiger partial charge is 0.493 e. The Kier molecular flexibility index (Phi) is 14.4. The van der Waals surface area contributed by atoms with Crippen molar-refractivity contribution in [2.75, 3.05) is 26.4 Å². The summed E-state index contributed by atoms with van der Waals surface area (Å²) in [7, 11) is 0. The molecule has 2 aromatic heterocycles. The van der Waals surface area contributed by atoms with E-state index >= 15 is 0 Å². The lowest BCUT2D eigenvalue weighted by Crippen LogP contribution is -2.14. The molecule has 14 nitrogen and oxygen atoms in total. The summed E-state index contributed by atoms with van der Waals surface area (Å²) in [6.07, 6.45) is 5.84. The number of carboxylic acids is 1. The Hall–Kier alpha value is -7.61. The van der Waals surface area contributed by atoms with Crippen molar-refractivity contribution in [3.8, 4) is 45.5 Å². The number of hydrogen-bond acceptors (Lipinski definition) is 13. The van der Waals surface area contributed by atoms with Gasteiger partial charge in [0.15, 0.2) is 11.5 Å². The van der Waals surface area contributed by atoms with E-state index < -0.39 is 29.8 Å². The fourth-order valence-electron chi connectivity index (χ4n) is 4.90. The first-order valence-electron chi connectivity index (χ1n) is 17.4. The second-order valence-electron chi connectivity index (χ2n) is 11.8. The first-order chi connectivity index (χ1) is 27.6. The lowest BCUT2D eigenvalue weighted by molar-refractivity contribution is -0.138. The van der Waals surface area contributed by atoms with Crippen LogP contribution in [0.1, 0.15) is 43.9 Å². The van der Waals surface area contributed by atoms with Gasteiger partial charge in [-0.1, -0.05) is 13.2 Å². The Labute approximate surface area is 326 Å². The fraction of sp³-hybridized carbons (Fsp3) is 0.140. The van der Waals surface area contributed by atoms with Gasteiger partial charge < -0.3 is 33.5 Å². The van der Waals surface area contributed by atoms with Crippen LogP contribution in [0.3, 0.4) is 0 Å². The van der Waals surface area contributed by atoms with Crippen LogP contribution in [0.4, 0.5) is 0 Å². The molecule has 5 aromatic rings. The molecule has 0 amide bonds. The van der Waals surface area contributed by atoms with Gasteiger partial charge in [0.2, 0.25) is 0 Å². The van der Waals surface area contributed by atoms with E-state index in [0.717, 1.165) is 29.3 Å². The van der Waals surface area contributed by atoms with Gasteiger partial charge in [-0.15, -0.1) is 0 Å². The molecule has 0 unspecified atom stereocenters. The van der Waals surface area contributed by atoms with Crippen LogP contribution in [-0.4, -0.2) is 71.3 Å². The highest BCUT2D eigenvalue weighted by Crippen LogP contribution is 2.31. The van der Waals surface area contributed by atoms with Crippen LogP contribution in [0.5, 0.6) is 23.0 Å². The predicted molar refractivity (Wildman–Crippen MR) is 205 cm³/mol. The van der Waals surface area contributed by atoms with Crippen LogP contribution >= 0.6 is 0 Å². The van der Waals surface area contributed by atoms with Crippen LogP contribution in [0.25, 0.3) is 22.5 Å². The molecular weight excluding hydrogens is 736 g/mol. The maximum Gasteiger partial charge on any atom is 0.345 e. The first-order valence-corrected chi connectivity index (χ1v) is 17.4. The Morgan fingerprint density at radius 2 is 0.982 bits per heavy atom. The van der Waals surface area contributed by atoms with Crippen LogP contribution in [0.2, 0.25) is 0 Å². The van der Waals surface area contributed by atoms with Gasteiger partial charge in [0.05, 0.1) is 54.5 Å². The van der Waals surface area contributed by atoms with Crippen molar-refractivity contribution in [3.63, 3.8) is 0 Å². The Morgan fingerprint density at radius 3 is 1.39 bits per heavy atom. The summed E-state index contributed by atoms with van der Waals surface area (Å²) in [6.45, 7) is 7.80. The van der Waals surface area contributed by atoms with E-state index in [1.54, 1.807) is 60.7 Å². The molecule has 3 aromatic carbocycles. The number of benzene rings is 3. The number of rotatable bonds is 19. The molecule has 0 aliphatic rings. The van der Waals surface area contributed by atoms with Crippen LogP contribution in [0, 0.1) is 0 Å². The number of pyridine rings is 2. The summed E-state index contributed by atoms with van der Waals surface area (Å²) in [6, 6.07) is 24.0. The molecule has 0 radical (unpaired) electrons. The number of esters is 4. The molecule has 0 aliphatic carbocycles. The van der Waals surface area contributed by atoms with E-state index in [9.17, 15) is 29.1 Å². The Morgan fingerprint density at radius 1 is 0.544 bits per heavy atom. The highest BCUT2D eigenvalue weighted by atomic mass is 16.6. The molecule has 0 saturated heterocycles. The zero-order valence-electron chi connectivity index (χ0n) is 30.5. The standard InChI is InChI=1S/C43H36N2O12/c1-3-39(46)54-23-5-21-52-33-14-7-28(8-15-33)35-18-11-31(26-44-35)42(50)56-37-20-13-30(41(48)49)25-38(37)57-43(51)32-12-19-36(45-27-32)29-9-16-34(17-10-29)53-22-6-24-55-40(47)4-2/h3-4,7-20,25-27H,1-2,5-6,21-24H2,(H,48,49). The monoisotopic (exact) mass is 772 g/mol. The van der Waals surface area contributed by atoms with Gasteiger partial charge in [-0.3, -0.25) is 9.97 Å². The smallest absolute Gasteiger partial charge is 0.345 e. The van der Waals surface area contributed by atoms with E-state index in [1.165, 1.54) is 36.7 Å². The third-order valence-corrected chi connectivity index (χ3v) is 7.83. The second-order valence-corrected chi connectivity index (χ2v) is 11.8. The second kappa shape index (κ2) is 20.2. The van der Waals surface area contributed by atoms with E-state index in [4.69, 9.17) is 28.4 Å². The van der Waals surface area contributed by atoms with Gasteiger partial charge in [0.25, 0.3) is 0 Å². The summed E-state index contributed by atoms with van der Waals surface area (Å²) >= 11 is 0. The molecule has 5 rings (SSSR count). The zero-order chi connectivity index (χ0) is 40.6. The molecule has 57 heavy (non-hydrogen) atoms. The molecular formula is C43H36N2O12. The Balaban J connectivity index is 1.17. The zero-order valence-corrected chi connectivity index (χ0v) is 30.5. The van der Waals surface area contributed by atoms with Crippen molar-refractivity contribution in [2.24, 2.45) is 0 Å². The fourth-order valence-corrected chi connectivity index (χ4v) is 4.90. The molecule has 0 aliphatic heterocycles. The quantitative estimate of drug-likeness (QED) is 0.0393. The van der Waals surface area contributed by atoms with Gasteiger partial charge in [-0.25, -0.2) is 24.0 Å². The highest BCUT2D eigenvalue weighted by molar-refractivity contribution is 5.94. The van der Waals surface area contributed by atoms with Crippen molar-refractivity contribution < 1.29 is 57.5 Å². The number of aromatic nitrogens is 2. The maximum absolute atomic E-state index is 13.2. The molecule has 0 atom stereocenters. The van der Waals surface area contributed by atoms with Gasteiger partial charge >= 0.3 is 29.8 Å². The maximum atomic E-state index is 13.2. The minimum absolute atomic E-state index is 0.0554. The number of carboxylic acid groups (broad SMARTS) is 1. The Bertz CT molecular complexity index is 2220. The lowest BCUT2D eigenvalue weighted by atomic mass is 10.1. The van der Waals surface area contributed by atoms with Crippen LogP contribution < -0.4 is 18.9 Å². The minimum Gasteiger partial charge on any atom is -0.493 e. The summed E-state index contributed by atoms with van der Waals surface area (Å²) in [5.74, 6) is -3.23. The van der Waals surface area contributed by atoms with E-state index in [1.807, 2.05) is 0 Å². The average molecular weight is 773 g/mol. The van der Waals surface area contributed by atoms with E-state index in [-0.39, 0.29) is 41.4 Å². The number of hydrogen-bond donors (Lipinski definition) is 1. The van der Waals surface area contributed by atoms with Crippen molar-refractivity contribution in [1.82, 2.24) is 9.97 Å². The topological polar surface area (TPSA) is 187 Å². The molecule has 0 fully saturated rings. The van der Waals surface area contributed by atoms with Gasteiger partial charge in [-0.05, 0) is 91.0 Å². The lowest BCUT2D eigenvalue weighted by Gasteiger charge is -2.12. The third-order valence-electron chi connectivity index (χ3n) is 7.83. The average Bonchev–Trinajstić information content (AvgIpc) is 3.24. The summed E-state index contributed by atoms with van der Waals surface area (Å²) < 4.78 is 32.2. The third kappa shape index (κ3) is 11.9. The van der Waals surface area contributed by atoms with E-state index in [2.05, 4.69) is 23.1 Å². The number of carbonyl (C=O) groups is 5. The number of aromatic carboxylic acids is 1. The minimum atomic E-state index is -1.28. The van der Waals surface area contributed by atoms with Crippen molar-refractivity contribution in [3.05, 3.63) is 145 Å². The number of ether oxygens (including phenoxy) is 6. The highest BCUT2D eigenvalue weighted by Gasteiger charge is 2.20. The first kappa shape index (κ1) is 40.6. The summed E-state index contributed by atoms with van der Waals surface area (Å²) in [5, 5.41) is 9.56. The summed E-state index contributed by atoms with van der Waals surface area (Å²) in [5.41, 5.74) is 2.56.